The van der Waals surface area contributed by atoms with E-state index in [-0.39, 0.29) is 17.4 Å². The molecule has 1 unspecified atom stereocenters. The van der Waals surface area contributed by atoms with Crippen LogP contribution in [0.3, 0.4) is 0 Å². The van der Waals surface area contributed by atoms with Crippen LogP contribution < -0.4 is 11.1 Å². The highest BCUT2D eigenvalue weighted by Crippen LogP contribution is 2.37. The fourth-order valence-corrected chi connectivity index (χ4v) is 2.77. The van der Waals surface area contributed by atoms with Gasteiger partial charge in [0.15, 0.2) is 0 Å². The second-order valence-corrected chi connectivity index (χ2v) is 4.53. The first-order valence-corrected chi connectivity index (χ1v) is 5.26. The molecule has 0 aromatic rings. The van der Waals surface area contributed by atoms with Crippen LogP contribution in [0.15, 0.2) is 0 Å². The van der Waals surface area contributed by atoms with Crippen molar-refractivity contribution >= 4 is 5.91 Å². The van der Waals surface area contributed by atoms with E-state index in [2.05, 4.69) is 5.32 Å². The van der Waals surface area contributed by atoms with Crippen LogP contribution in [0.25, 0.3) is 0 Å². The Balaban J connectivity index is 1.98. The maximum atomic E-state index is 11.0. The van der Waals surface area contributed by atoms with Crippen molar-refractivity contribution in [1.29, 1.82) is 0 Å². The monoisotopic (exact) mass is 182 g/mol. The number of carbonyl (C=O) groups is 1. The van der Waals surface area contributed by atoms with Gasteiger partial charge in [-0.15, -0.1) is 0 Å². The van der Waals surface area contributed by atoms with Crippen molar-refractivity contribution in [3.05, 3.63) is 0 Å². The molecule has 3 nitrogen and oxygen atoms in total. The molecule has 1 aliphatic heterocycles. The van der Waals surface area contributed by atoms with Crippen LogP contribution in [-0.2, 0) is 4.79 Å². The van der Waals surface area contributed by atoms with Gasteiger partial charge in [-0.1, -0.05) is 19.3 Å². The van der Waals surface area contributed by atoms with Gasteiger partial charge in [-0.05, 0) is 19.3 Å². The second kappa shape index (κ2) is 3.29. The molecule has 74 valence electrons. The summed E-state index contributed by atoms with van der Waals surface area (Å²) >= 11 is 0. The standard InChI is InChI=1S/C10H18N2O/c11-9(13)8-6-10(12-7-8)4-2-1-3-5-10/h8,12H,1-7H2,(H2,11,13). The zero-order chi connectivity index (χ0) is 9.31. The molecule has 2 rings (SSSR count). The normalized spacial score (nSPS) is 32.2. The summed E-state index contributed by atoms with van der Waals surface area (Å²) in [7, 11) is 0. The molecule has 1 atom stereocenters. The van der Waals surface area contributed by atoms with E-state index in [9.17, 15) is 4.79 Å². The van der Waals surface area contributed by atoms with Crippen molar-refractivity contribution in [3.8, 4) is 0 Å². The van der Waals surface area contributed by atoms with Gasteiger partial charge in [0.1, 0.15) is 0 Å². The van der Waals surface area contributed by atoms with Crippen LogP contribution in [0.2, 0.25) is 0 Å². The molecule has 0 bridgehead atoms. The fraction of sp³-hybridized carbons (Fsp3) is 0.900. The fourth-order valence-electron chi connectivity index (χ4n) is 2.77. The lowest BCUT2D eigenvalue weighted by Gasteiger charge is -2.33. The molecular weight excluding hydrogens is 164 g/mol. The van der Waals surface area contributed by atoms with Crippen LogP contribution in [0.4, 0.5) is 0 Å². The van der Waals surface area contributed by atoms with Gasteiger partial charge >= 0.3 is 0 Å². The van der Waals surface area contributed by atoms with E-state index in [4.69, 9.17) is 5.73 Å². The maximum Gasteiger partial charge on any atom is 0.221 e. The molecule has 2 fully saturated rings. The SMILES string of the molecule is NC(=O)C1CNC2(CCCCC2)C1. The number of primary amides is 1. The highest BCUT2D eigenvalue weighted by Gasteiger charge is 2.41. The van der Waals surface area contributed by atoms with Crippen LogP contribution in [-0.4, -0.2) is 18.0 Å². The molecule has 1 aliphatic carbocycles. The smallest absolute Gasteiger partial charge is 0.221 e. The lowest BCUT2D eigenvalue weighted by molar-refractivity contribution is -0.121. The van der Waals surface area contributed by atoms with Crippen molar-refractivity contribution in [3.63, 3.8) is 0 Å². The Kier molecular flexibility index (Phi) is 2.28. The lowest BCUT2D eigenvalue weighted by Crippen LogP contribution is -2.41. The number of nitrogens with one attached hydrogen (secondary N) is 1. The highest BCUT2D eigenvalue weighted by atomic mass is 16.1. The number of hydrogen-bond acceptors (Lipinski definition) is 2. The molecule has 3 N–H and O–H groups in total. The third kappa shape index (κ3) is 1.70. The van der Waals surface area contributed by atoms with Gasteiger partial charge < -0.3 is 11.1 Å². The summed E-state index contributed by atoms with van der Waals surface area (Å²) in [6, 6.07) is 0. The van der Waals surface area contributed by atoms with E-state index >= 15 is 0 Å². The molecule has 2 aliphatic rings. The molecule has 3 heteroatoms. The highest BCUT2D eigenvalue weighted by molar-refractivity contribution is 5.77. The quantitative estimate of drug-likeness (QED) is 0.629. The van der Waals surface area contributed by atoms with Crippen LogP contribution >= 0.6 is 0 Å². The average molecular weight is 182 g/mol. The van der Waals surface area contributed by atoms with Gasteiger partial charge in [-0.2, -0.15) is 0 Å². The first-order chi connectivity index (χ1) is 6.22. The minimum Gasteiger partial charge on any atom is -0.369 e. The first-order valence-electron chi connectivity index (χ1n) is 5.26. The van der Waals surface area contributed by atoms with Gasteiger partial charge in [-0.25, -0.2) is 0 Å². The molecule has 1 amide bonds. The summed E-state index contributed by atoms with van der Waals surface area (Å²) in [6.45, 7) is 0.801. The molecule has 0 aromatic carbocycles. The largest absolute Gasteiger partial charge is 0.369 e. The summed E-state index contributed by atoms with van der Waals surface area (Å²) in [5, 5.41) is 3.50. The Morgan fingerprint density at radius 1 is 1.31 bits per heavy atom. The summed E-state index contributed by atoms with van der Waals surface area (Å²) in [4.78, 5) is 11.0. The molecule has 1 spiro atoms. The minimum atomic E-state index is -0.130. The summed E-state index contributed by atoms with van der Waals surface area (Å²) in [6.07, 6.45) is 7.40. The number of hydrogen-bond donors (Lipinski definition) is 2. The molecule has 0 radical (unpaired) electrons. The summed E-state index contributed by atoms with van der Waals surface area (Å²) in [5.41, 5.74) is 5.58. The van der Waals surface area contributed by atoms with E-state index < -0.39 is 0 Å². The lowest BCUT2D eigenvalue weighted by atomic mass is 9.79. The van der Waals surface area contributed by atoms with Gasteiger partial charge in [0.2, 0.25) is 5.91 Å². The van der Waals surface area contributed by atoms with Crippen LogP contribution in [0.5, 0.6) is 0 Å². The Labute approximate surface area is 79.1 Å². The second-order valence-electron chi connectivity index (χ2n) is 4.53. The van der Waals surface area contributed by atoms with Crippen molar-refractivity contribution < 1.29 is 4.79 Å². The van der Waals surface area contributed by atoms with Crippen LogP contribution in [0.1, 0.15) is 38.5 Å². The van der Waals surface area contributed by atoms with E-state index in [1.165, 1.54) is 32.1 Å². The zero-order valence-corrected chi connectivity index (χ0v) is 8.01. The predicted molar refractivity (Wildman–Crippen MR) is 51.1 cm³/mol. The number of carbonyl (C=O) groups excluding carboxylic acids is 1. The molecule has 1 saturated heterocycles. The Hall–Kier alpha value is -0.570. The summed E-state index contributed by atoms with van der Waals surface area (Å²) < 4.78 is 0. The van der Waals surface area contributed by atoms with E-state index in [0.29, 0.717) is 0 Å². The third-order valence-electron chi connectivity index (χ3n) is 3.57. The van der Waals surface area contributed by atoms with Crippen LogP contribution in [0, 0.1) is 5.92 Å². The molecule has 1 heterocycles. The third-order valence-corrected chi connectivity index (χ3v) is 3.57. The number of rotatable bonds is 1. The van der Waals surface area contributed by atoms with Gasteiger partial charge in [0.25, 0.3) is 0 Å². The average Bonchev–Trinajstić information content (AvgIpc) is 2.51. The number of amides is 1. The Morgan fingerprint density at radius 3 is 2.54 bits per heavy atom. The van der Waals surface area contributed by atoms with Gasteiger partial charge in [0, 0.05) is 12.1 Å². The predicted octanol–water partition coefficient (Wildman–Crippen LogP) is 0.784. The van der Waals surface area contributed by atoms with E-state index in [0.717, 1.165) is 13.0 Å². The van der Waals surface area contributed by atoms with Crippen molar-refractivity contribution in [2.75, 3.05) is 6.54 Å². The van der Waals surface area contributed by atoms with Crippen molar-refractivity contribution in [1.82, 2.24) is 5.32 Å². The van der Waals surface area contributed by atoms with Crippen molar-refractivity contribution in [2.24, 2.45) is 11.7 Å². The van der Waals surface area contributed by atoms with E-state index in [1.807, 2.05) is 0 Å². The van der Waals surface area contributed by atoms with Gasteiger partial charge in [0.05, 0.1) is 5.92 Å². The van der Waals surface area contributed by atoms with Gasteiger partial charge in [-0.3, -0.25) is 4.79 Å². The Bertz CT molecular complexity index is 209. The van der Waals surface area contributed by atoms with E-state index in [1.54, 1.807) is 0 Å². The molecular formula is C10H18N2O. The Morgan fingerprint density at radius 2 is 2.00 bits per heavy atom. The number of nitrogens with two attached hydrogens (primary N) is 1. The minimum absolute atomic E-state index is 0.0816. The zero-order valence-electron chi connectivity index (χ0n) is 8.01. The van der Waals surface area contributed by atoms with Crippen molar-refractivity contribution in [2.45, 2.75) is 44.1 Å². The topological polar surface area (TPSA) is 55.1 Å². The summed E-state index contributed by atoms with van der Waals surface area (Å²) in [5.74, 6) is -0.0481. The maximum absolute atomic E-state index is 11.0. The first kappa shape index (κ1) is 9.00. The molecule has 0 aromatic heterocycles. The molecule has 1 saturated carbocycles. The molecule has 13 heavy (non-hydrogen) atoms.